The van der Waals surface area contributed by atoms with Crippen molar-refractivity contribution in [1.29, 1.82) is 0 Å². The molecule has 0 aliphatic heterocycles. The third-order valence-corrected chi connectivity index (χ3v) is 4.67. The molecule has 0 atom stereocenters. The minimum Gasteiger partial charge on any atom is -0.297 e. The van der Waals surface area contributed by atoms with Crippen LogP contribution in [-0.4, -0.2) is 14.5 Å². The van der Waals surface area contributed by atoms with E-state index in [4.69, 9.17) is 0 Å². The molecule has 4 aromatic rings. The number of aromatic nitrogens is 3. The molecule has 0 saturated heterocycles. The van der Waals surface area contributed by atoms with Gasteiger partial charge in [0.15, 0.2) is 0 Å². The topological polar surface area (TPSA) is 30.7 Å². The van der Waals surface area contributed by atoms with Gasteiger partial charge >= 0.3 is 12.4 Å². The van der Waals surface area contributed by atoms with Gasteiger partial charge in [0, 0.05) is 17.3 Å². The Morgan fingerprint density at radius 1 is 0.677 bits per heavy atom. The van der Waals surface area contributed by atoms with E-state index >= 15 is 0 Å². The van der Waals surface area contributed by atoms with Crippen LogP contribution in [0.25, 0.3) is 28.1 Å². The van der Waals surface area contributed by atoms with Crippen LogP contribution in [0.3, 0.4) is 0 Å². The standard InChI is InChI=1S/C22H13F6N3/c23-21(24,25)16-8-15(9-17(10-16)22(26,27)28)19-11-30-13-31(19)20-12-29-7-6-18(20)14-4-2-1-3-5-14/h1-13H. The van der Waals surface area contributed by atoms with Crippen molar-refractivity contribution in [3.05, 3.63) is 90.6 Å². The summed E-state index contributed by atoms with van der Waals surface area (Å²) in [6, 6.07) is 12.3. The molecule has 0 saturated carbocycles. The second kappa shape index (κ2) is 7.57. The van der Waals surface area contributed by atoms with Gasteiger partial charge in [-0.2, -0.15) is 26.3 Å². The highest BCUT2D eigenvalue weighted by atomic mass is 19.4. The molecule has 0 aliphatic carbocycles. The lowest BCUT2D eigenvalue weighted by Crippen LogP contribution is -2.11. The van der Waals surface area contributed by atoms with Gasteiger partial charge in [-0.25, -0.2) is 4.98 Å². The van der Waals surface area contributed by atoms with Crippen molar-refractivity contribution in [3.63, 3.8) is 0 Å². The fraction of sp³-hybridized carbons (Fsp3) is 0.0909. The number of nitrogens with zero attached hydrogens (tertiary/aromatic N) is 3. The molecule has 0 unspecified atom stereocenters. The van der Waals surface area contributed by atoms with E-state index < -0.39 is 23.5 Å². The first-order valence-electron chi connectivity index (χ1n) is 8.96. The van der Waals surface area contributed by atoms with E-state index in [0.717, 1.165) is 5.56 Å². The molecule has 0 amide bonds. The third kappa shape index (κ3) is 4.16. The molecule has 0 spiro atoms. The Morgan fingerprint density at radius 3 is 1.94 bits per heavy atom. The Hall–Kier alpha value is -3.62. The molecule has 4 rings (SSSR count). The van der Waals surface area contributed by atoms with Gasteiger partial charge in [0.05, 0.1) is 41.2 Å². The number of benzene rings is 2. The zero-order valence-corrected chi connectivity index (χ0v) is 15.6. The first-order valence-corrected chi connectivity index (χ1v) is 8.96. The maximum atomic E-state index is 13.3. The fourth-order valence-corrected chi connectivity index (χ4v) is 3.24. The molecule has 158 valence electrons. The normalized spacial score (nSPS) is 12.2. The molecular weight excluding hydrogens is 420 g/mol. The van der Waals surface area contributed by atoms with E-state index in [1.165, 1.54) is 23.3 Å². The molecule has 2 aromatic heterocycles. The number of halogens is 6. The van der Waals surface area contributed by atoms with Crippen LogP contribution in [-0.2, 0) is 12.4 Å². The Balaban J connectivity index is 1.92. The minimum atomic E-state index is -4.94. The number of alkyl halides is 6. The summed E-state index contributed by atoms with van der Waals surface area (Å²) in [5, 5.41) is 0. The molecule has 3 nitrogen and oxygen atoms in total. The second-order valence-corrected chi connectivity index (χ2v) is 6.70. The summed E-state index contributed by atoms with van der Waals surface area (Å²) in [4.78, 5) is 8.03. The first-order chi connectivity index (χ1) is 14.6. The van der Waals surface area contributed by atoms with Gasteiger partial charge < -0.3 is 0 Å². The lowest BCUT2D eigenvalue weighted by Gasteiger charge is -2.16. The highest BCUT2D eigenvalue weighted by Crippen LogP contribution is 2.39. The van der Waals surface area contributed by atoms with Crippen LogP contribution in [0.2, 0.25) is 0 Å². The highest BCUT2D eigenvalue weighted by Gasteiger charge is 2.37. The van der Waals surface area contributed by atoms with E-state index in [1.807, 2.05) is 30.3 Å². The van der Waals surface area contributed by atoms with Crippen LogP contribution >= 0.6 is 0 Å². The molecule has 0 N–H and O–H groups in total. The van der Waals surface area contributed by atoms with E-state index in [-0.39, 0.29) is 17.3 Å². The average Bonchev–Trinajstić information content (AvgIpc) is 3.22. The number of hydrogen-bond acceptors (Lipinski definition) is 2. The number of hydrogen-bond donors (Lipinski definition) is 0. The van der Waals surface area contributed by atoms with Crippen molar-refractivity contribution in [3.8, 4) is 28.1 Å². The lowest BCUT2D eigenvalue weighted by molar-refractivity contribution is -0.143. The van der Waals surface area contributed by atoms with E-state index in [2.05, 4.69) is 9.97 Å². The molecule has 0 bridgehead atoms. The van der Waals surface area contributed by atoms with Gasteiger partial charge in [0.25, 0.3) is 0 Å². The number of pyridine rings is 1. The number of rotatable bonds is 3. The zero-order chi connectivity index (χ0) is 22.2. The van der Waals surface area contributed by atoms with E-state index in [0.29, 0.717) is 23.4 Å². The lowest BCUT2D eigenvalue weighted by atomic mass is 10.0. The van der Waals surface area contributed by atoms with Crippen molar-refractivity contribution in [1.82, 2.24) is 14.5 Å². The van der Waals surface area contributed by atoms with Crippen molar-refractivity contribution < 1.29 is 26.3 Å². The summed E-state index contributed by atoms with van der Waals surface area (Å²) < 4.78 is 81.1. The van der Waals surface area contributed by atoms with Crippen LogP contribution in [0.5, 0.6) is 0 Å². The summed E-state index contributed by atoms with van der Waals surface area (Å²) in [6.45, 7) is 0. The molecule has 2 heterocycles. The zero-order valence-electron chi connectivity index (χ0n) is 15.6. The predicted molar refractivity (Wildman–Crippen MR) is 102 cm³/mol. The molecule has 0 aliphatic rings. The monoisotopic (exact) mass is 433 g/mol. The maximum Gasteiger partial charge on any atom is 0.416 e. The Kier molecular flexibility index (Phi) is 5.04. The van der Waals surface area contributed by atoms with Gasteiger partial charge in [-0.05, 0) is 29.8 Å². The molecular formula is C22H13F6N3. The third-order valence-electron chi connectivity index (χ3n) is 4.67. The summed E-state index contributed by atoms with van der Waals surface area (Å²) in [5.74, 6) is 0. The van der Waals surface area contributed by atoms with Crippen molar-refractivity contribution in [2.24, 2.45) is 0 Å². The largest absolute Gasteiger partial charge is 0.416 e. The Labute approximate surface area is 172 Å². The smallest absolute Gasteiger partial charge is 0.297 e. The van der Waals surface area contributed by atoms with Gasteiger partial charge in [-0.15, -0.1) is 0 Å². The minimum absolute atomic E-state index is 0.0711. The number of imidazole rings is 1. The van der Waals surface area contributed by atoms with Gasteiger partial charge in [0.1, 0.15) is 0 Å². The quantitative estimate of drug-likeness (QED) is 0.339. The highest BCUT2D eigenvalue weighted by molar-refractivity contribution is 5.75. The van der Waals surface area contributed by atoms with Crippen molar-refractivity contribution in [2.45, 2.75) is 12.4 Å². The first kappa shape index (κ1) is 20.6. The van der Waals surface area contributed by atoms with Crippen LogP contribution in [0.4, 0.5) is 26.3 Å². The van der Waals surface area contributed by atoms with Crippen molar-refractivity contribution >= 4 is 0 Å². The average molecular weight is 433 g/mol. The van der Waals surface area contributed by atoms with Gasteiger partial charge in [-0.3, -0.25) is 9.55 Å². The van der Waals surface area contributed by atoms with Gasteiger partial charge in [0.2, 0.25) is 0 Å². The Bertz CT molecular complexity index is 1180. The molecule has 31 heavy (non-hydrogen) atoms. The molecule has 0 fully saturated rings. The van der Waals surface area contributed by atoms with Crippen LogP contribution in [0.15, 0.2) is 79.5 Å². The van der Waals surface area contributed by atoms with Gasteiger partial charge in [-0.1, -0.05) is 30.3 Å². The molecule has 2 aromatic carbocycles. The molecule has 0 radical (unpaired) electrons. The summed E-state index contributed by atoms with van der Waals surface area (Å²) in [6.07, 6.45) is -4.31. The van der Waals surface area contributed by atoms with Crippen LogP contribution in [0, 0.1) is 0 Å². The SMILES string of the molecule is FC(F)(F)c1cc(-c2cncn2-c2cnccc2-c2ccccc2)cc(C(F)(F)F)c1. The summed E-state index contributed by atoms with van der Waals surface area (Å²) in [5.41, 5.74) is -1.01. The molecule has 9 heteroatoms. The van der Waals surface area contributed by atoms with E-state index in [9.17, 15) is 26.3 Å². The Morgan fingerprint density at radius 2 is 1.32 bits per heavy atom. The van der Waals surface area contributed by atoms with Crippen molar-refractivity contribution in [2.75, 3.05) is 0 Å². The van der Waals surface area contributed by atoms with Crippen LogP contribution in [0.1, 0.15) is 11.1 Å². The van der Waals surface area contributed by atoms with Crippen LogP contribution < -0.4 is 0 Å². The van der Waals surface area contributed by atoms with E-state index in [1.54, 1.807) is 12.3 Å². The second-order valence-electron chi connectivity index (χ2n) is 6.70. The maximum absolute atomic E-state index is 13.3. The summed E-state index contributed by atoms with van der Waals surface area (Å²) in [7, 11) is 0. The summed E-state index contributed by atoms with van der Waals surface area (Å²) >= 11 is 0. The fourth-order valence-electron chi connectivity index (χ4n) is 3.24. The predicted octanol–water partition coefficient (Wildman–Crippen LogP) is 6.64.